The second-order valence-electron chi connectivity index (χ2n) is 5.72. The van der Waals surface area contributed by atoms with Crippen LogP contribution in [-0.4, -0.2) is 43.8 Å². The summed E-state index contributed by atoms with van der Waals surface area (Å²) in [6, 6.07) is 0. The summed E-state index contributed by atoms with van der Waals surface area (Å²) in [5.41, 5.74) is 0. The molecule has 0 bridgehead atoms. The average Bonchev–Trinajstić information content (AvgIpc) is 3.21. The lowest BCUT2D eigenvalue weighted by Gasteiger charge is -2.26. The quantitative estimate of drug-likeness (QED) is 0.680. The van der Waals surface area contributed by atoms with E-state index in [1.54, 1.807) is 24.8 Å². The molecule has 3 N–H and O–H groups in total. The number of piperidine rings is 1. The van der Waals surface area contributed by atoms with Crippen molar-refractivity contribution in [3.8, 4) is 0 Å². The highest BCUT2D eigenvalue weighted by molar-refractivity contribution is 5.86. The van der Waals surface area contributed by atoms with Crippen LogP contribution in [0.3, 0.4) is 0 Å². The normalized spacial score (nSPS) is 13.9. The Morgan fingerprint density at radius 2 is 1.52 bits per heavy atom. The molecule has 1 fully saturated rings. The number of imidazole rings is 2. The van der Waals surface area contributed by atoms with Gasteiger partial charge in [0, 0.05) is 31.2 Å². The van der Waals surface area contributed by atoms with Crippen LogP contribution in [0.1, 0.15) is 30.9 Å². The maximum atomic E-state index is 12.7. The summed E-state index contributed by atoms with van der Waals surface area (Å²) in [6.45, 7) is 2.98. The van der Waals surface area contributed by atoms with Crippen molar-refractivity contribution in [2.75, 3.05) is 13.1 Å². The third-order valence-corrected chi connectivity index (χ3v) is 4.07. The van der Waals surface area contributed by atoms with Crippen molar-refractivity contribution in [3.05, 3.63) is 36.4 Å². The number of amides is 1. The number of carbonyl (C=O) groups excluding carboxylic acids is 1. The molecule has 7 nitrogen and oxygen atoms in total. The van der Waals surface area contributed by atoms with Gasteiger partial charge in [-0.3, -0.25) is 4.79 Å². The minimum atomic E-state index is 0. The average molecular weight is 412 g/mol. The maximum Gasteiger partial charge on any atom is 0.223 e. The molecule has 1 aliphatic rings. The van der Waals surface area contributed by atoms with Crippen molar-refractivity contribution in [3.63, 3.8) is 0 Å². The highest BCUT2D eigenvalue weighted by Gasteiger charge is 2.22. The first kappa shape index (κ1) is 23.7. The van der Waals surface area contributed by atoms with E-state index in [1.807, 2.05) is 4.90 Å². The molecule has 25 heavy (non-hydrogen) atoms. The molecule has 0 aliphatic carbocycles. The Morgan fingerprint density at radius 3 is 1.96 bits per heavy atom. The van der Waals surface area contributed by atoms with E-state index in [2.05, 4.69) is 25.3 Å². The van der Waals surface area contributed by atoms with Gasteiger partial charge in [-0.15, -0.1) is 37.2 Å². The van der Waals surface area contributed by atoms with E-state index in [0.717, 1.165) is 37.6 Å². The molecule has 0 radical (unpaired) electrons. The minimum absolute atomic E-state index is 0. The van der Waals surface area contributed by atoms with Gasteiger partial charge < -0.3 is 20.2 Å². The van der Waals surface area contributed by atoms with Crippen LogP contribution >= 0.6 is 37.2 Å². The number of nitrogens with one attached hydrogen (secondary N) is 3. The standard InChI is InChI=1S/C15H22N6O.3ClH/c22-15(9-12-1-3-16-4-2-12)21(10-13-17-5-6-18-13)11-14-19-7-8-20-14;;;/h5-8,12,16H,1-4,9-11H2,(H,17,18)(H,19,20);3*1H. The van der Waals surface area contributed by atoms with Crippen LogP contribution in [0.15, 0.2) is 24.8 Å². The van der Waals surface area contributed by atoms with Crippen molar-refractivity contribution in [2.24, 2.45) is 5.92 Å². The number of aromatic nitrogens is 4. The second kappa shape index (κ2) is 12.1. The van der Waals surface area contributed by atoms with Crippen LogP contribution < -0.4 is 5.32 Å². The minimum Gasteiger partial charge on any atom is -0.347 e. The number of carbonyl (C=O) groups is 1. The summed E-state index contributed by atoms with van der Waals surface area (Å²) in [5.74, 6) is 2.24. The number of nitrogens with zero attached hydrogens (tertiary/aromatic N) is 3. The van der Waals surface area contributed by atoms with Crippen molar-refractivity contribution < 1.29 is 4.79 Å². The van der Waals surface area contributed by atoms with Crippen molar-refractivity contribution in [1.82, 2.24) is 30.2 Å². The van der Waals surface area contributed by atoms with Gasteiger partial charge in [-0.2, -0.15) is 0 Å². The van der Waals surface area contributed by atoms with E-state index >= 15 is 0 Å². The lowest BCUT2D eigenvalue weighted by molar-refractivity contribution is -0.133. The zero-order chi connectivity index (χ0) is 15.2. The Balaban J connectivity index is 0.00000192. The zero-order valence-electron chi connectivity index (χ0n) is 13.8. The van der Waals surface area contributed by atoms with E-state index in [9.17, 15) is 4.79 Å². The zero-order valence-corrected chi connectivity index (χ0v) is 16.3. The monoisotopic (exact) mass is 410 g/mol. The summed E-state index contributed by atoms with van der Waals surface area (Å²) < 4.78 is 0. The lowest BCUT2D eigenvalue weighted by Crippen LogP contribution is -2.35. The van der Waals surface area contributed by atoms with Gasteiger partial charge >= 0.3 is 0 Å². The van der Waals surface area contributed by atoms with Crippen molar-refractivity contribution in [2.45, 2.75) is 32.4 Å². The lowest BCUT2D eigenvalue weighted by atomic mass is 9.94. The predicted octanol–water partition coefficient (Wildman–Crippen LogP) is 2.32. The molecule has 0 atom stereocenters. The number of hydrogen-bond donors (Lipinski definition) is 3. The van der Waals surface area contributed by atoms with Gasteiger partial charge in [0.2, 0.25) is 5.91 Å². The van der Waals surface area contributed by atoms with Gasteiger partial charge in [0.15, 0.2) is 0 Å². The van der Waals surface area contributed by atoms with Crippen molar-refractivity contribution in [1.29, 1.82) is 0 Å². The van der Waals surface area contributed by atoms with Crippen molar-refractivity contribution >= 4 is 43.1 Å². The van der Waals surface area contributed by atoms with Gasteiger partial charge in [0.05, 0.1) is 13.1 Å². The van der Waals surface area contributed by atoms with Gasteiger partial charge in [-0.05, 0) is 31.8 Å². The highest BCUT2D eigenvalue weighted by Crippen LogP contribution is 2.18. The van der Waals surface area contributed by atoms with Gasteiger partial charge in [-0.1, -0.05) is 0 Å². The molecule has 1 aliphatic heterocycles. The number of rotatable bonds is 6. The third-order valence-electron chi connectivity index (χ3n) is 4.07. The Morgan fingerprint density at radius 1 is 1.00 bits per heavy atom. The number of hydrogen-bond acceptors (Lipinski definition) is 4. The van der Waals surface area contributed by atoms with E-state index in [0.29, 0.717) is 25.4 Å². The van der Waals surface area contributed by atoms with Crippen LogP contribution in [-0.2, 0) is 17.9 Å². The molecule has 1 amide bonds. The summed E-state index contributed by atoms with van der Waals surface area (Å²) in [4.78, 5) is 29.1. The Bertz CT molecular complexity index is 536. The smallest absolute Gasteiger partial charge is 0.223 e. The maximum absolute atomic E-state index is 12.7. The molecule has 1 saturated heterocycles. The van der Waals surface area contributed by atoms with Crippen LogP contribution in [0.4, 0.5) is 0 Å². The molecular weight excluding hydrogens is 387 g/mol. The molecule has 2 aromatic heterocycles. The third kappa shape index (κ3) is 7.23. The fourth-order valence-electron chi connectivity index (χ4n) is 2.82. The Labute approximate surface area is 166 Å². The molecule has 10 heteroatoms. The molecule has 0 saturated carbocycles. The molecule has 3 heterocycles. The molecule has 0 spiro atoms. The van der Waals surface area contributed by atoms with Gasteiger partial charge in [-0.25, -0.2) is 9.97 Å². The number of H-pyrrole nitrogens is 2. The molecule has 3 rings (SSSR count). The molecule has 0 aromatic carbocycles. The molecular formula is C15H25Cl3N6O. The number of aromatic amines is 2. The number of halogens is 3. The summed E-state index contributed by atoms with van der Waals surface area (Å²) in [7, 11) is 0. The molecule has 2 aromatic rings. The molecule has 142 valence electrons. The van der Waals surface area contributed by atoms with Gasteiger partial charge in [0.1, 0.15) is 11.6 Å². The SMILES string of the molecule is Cl.Cl.Cl.O=C(CC1CCNCC1)N(Cc1ncc[nH]1)Cc1ncc[nH]1. The van der Waals surface area contributed by atoms with Gasteiger partial charge in [0.25, 0.3) is 0 Å². The van der Waals surface area contributed by atoms with Crippen LogP contribution in [0.25, 0.3) is 0 Å². The summed E-state index contributed by atoms with van der Waals surface area (Å²) >= 11 is 0. The van der Waals surface area contributed by atoms with E-state index in [1.165, 1.54) is 0 Å². The first-order valence-corrected chi connectivity index (χ1v) is 7.76. The van der Waals surface area contributed by atoms with Crippen LogP contribution in [0, 0.1) is 5.92 Å². The predicted molar refractivity (Wildman–Crippen MR) is 103 cm³/mol. The van der Waals surface area contributed by atoms with Crippen LogP contribution in [0.5, 0.6) is 0 Å². The fourth-order valence-corrected chi connectivity index (χ4v) is 2.82. The Hall–Kier alpha value is -1.28. The summed E-state index contributed by atoms with van der Waals surface area (Å²) in [5, 5.41) is 3.34. The first-order chi connectivity index (χ1) is 10.8. The largest absolute Gasteiger partial charge is 0.347 e. The van der Waals surface area contributed by atoms with E-state index in [-0.39, 0.29) is 43.1 Å². The Kier molecular flexibility index (Phi) is 11.5. The van der Waals surface area contributed by atoms with Crippen LogP contribution in [0.2, 0.25) is 0 Å². The fraction of sp³-hybridized carbons (Fsp3) is 0.533. The summed E-state index contributed by atoms with van der Waals surface area (Å²) in [6.07, 6.45) is 9.70. The van der Waals surface area contributed by atoms with E-state index < -0.39 is 0 Å². The topological polar surface area (TPSA) is 89.7 Å². The van der Waals surface area contributed by atoms with E-state index in [4.69, 9.17) is 0 Å². The highest BCUT2D eigenvalue weighted by atomic mass is 35.5. The second-order valence-corrected chi connectivity index (χ2v) is 5.72. The molecule has 0 unspecified atom stereocenters. The first-order valence-electron chi connectivity index (χ1n) is 7.76.